The Kier molecular flexibility index (Phi) is 8.36. The van der Waals surface area contributed by atoms with Crippen LogP contribution in [-0.4, -0.2) is 12.2 Å². The van der Waals surface area contributed by atoms with Crippen LogP contribution in [-0.2, 0) is 16.0 Å². The second-order valence-corrected chi connectivity index (χ2v) is 5.06. The Balaban J connectivity index is 2.37. The van der Waals surface area contributed by atoms with Gasteiger partial charge in [-0.2, -0.15) is 0 Å². The van der Waals surface area contributed by atoms with Crippen LogP contribution in [0.3, 0.4) is 0 Å². The molecular formula is C17H24NO2. The van der Waals surface area contributed by atoms with Crippen molar-refractivity contribution < 1.29 is 9.59 Å². The lowest BCUT2D eigenvalue weighted by atomic mass is 10.1. The van der Waals surface area contributed by atoms with E-state index in [1.807, 2.05) is 24.5 Å². The molecule has 0 aliphatic rings. The summed E-state index contributed by atoms with van der Waals surface area (Å²) in [5, 5.41) is 2.94. The highest BCUT2D eigenvalue weighted by molar-refractivity contribution is 5.90. The summed E-state index contributed by atoms with van der Waals surface area (Å²) in [6.07, 6.45) is 9.01. The van der Waals surface area contributed by atoms with Crippen molar-refractivity contribution in [1.82, 2.24) is 0 Å². The van der Waals surface area contributed by atoms with E-state index < -0.39 is 0 Å². The predicted molar refractivity (Wildman–Crippen MR) is 82.5 cm³/mol. The van der Waals surface area contributed by atoms with Gasteiger partial charge in [0.1, 0.15) is 0 Å². The molecule has 1 aromatic rings. The van der Waals surface area contributed by atoms with Gasteiger partial charge in [-0.05, 0) is 43.4 Å². The second-order valence-electron chi connectivity index (χ2n) is 5.06. The fourth-order valence-electron chi connectivity index (χ4n) is 2.07. The first kappa shape index (κ1) is 16.4. The average molecular weight is 274 g/mol. The van der Waals surface area contributed by atoms with Crippen LogP contribution in [0.2, 0.25) is 0 Å². The molecule has 0 aliphatic carbocycles. The topological polar surface area (TPSA) is 46.2 Å². The summed E-state index contributed by atoms with van der Waals surface area (Å²) >= 11 is 0. The van der Waals surface area contributed by atoms with Gasteiger partial charge in [0.15, 0.2) is 6.29 Å². The maximum absolute atomic E-state index is 11.7. The van der Waals surface area contributed by atoms with Crippen LogP contribution in [0.1, 0.15) is 57.4 Å². The predicted octanol–water partition coefficient (Wildman–Crippen LogP) is 4.03. The fraction of sp³-hybridized carbons (Fsp3) is 0.529. The Morgan fingerprint density at radius 3 is 2.80 bits per heavy atom. The molecule has 0 aliphatic heterocycles. The quantitative estimate of drug-likeness (QED) is 0.655. The Hall–Kier alpha value is -1.64. The Labute approximate surface area is 121 Å². The molecule has 0 atom stereocenters. The zero-order chi connectivity index (χ0) is 14.6. The van der Waals surface area contributed by atoms with Crippen molar-refractivity contribution in [2.24, 2.45) is 0 Å². The molecule has 1 radical (unpaired) electrons. The molecule has 0 saturated heterocycles. The number of anilines is 1. The lowest BCUT2D eigenvalue weighted by Gasteiger charge is -2.07. The molecule has 0 heterocycles. The molecule has 1 N–H and O–H groups in total. The number of unbranched alkanes of at least 4 members (excludes halogenated alkanes) is 4. The highest BCUT2D eigenvalue weighted by atomic mass is 16.1. The molecule has 3 nitrogen and oxygen atoms in total. The van der Waals surface area contributed by atoms with E-state index in [0.717, 1.165) is 44.2 Å². The molecule has 1 rings (SSSR count). The average Bonchev–Trinajstić information content (AvgIpc) is 2.45. The van der Waals surface area contributed by atoms with Gasteiger partial charge in [-0.1, -0.05) is 31.9 Å². The van der Waals surface area contributed by atoms with Crippen LogP contribution in [0, 0.1) is 0 Å². The molecule has 0 aromatic heterocycles. The Morgan fingerprint density at radius 2 is 2.05 bits per heavy atom. The van der Waals surface area contributed by atoms with Crippen molar-refractivity contribution in [3.63, 3.8) is 0 Å². The van der Waals surface area contributed by atoms with Gasteiger partial charge in [0.25, 0.3) is 0 Å². The van der Waals surface area contributed by atoms with Crippen LogP contribution in [0.15, 0.2) is 24.3 Å². The van der Waals surface area contributed by atoms with Gasteiger partial charge in [0.2, 0.25) is 5.91 Å². The number of benzene rings is 1. The van der Waals surface area contributed by atoms with E-state index in [1.54, 1.807) is 0 Å². The first-order valence-electron chi connectivity index (χ1n) is 7.50. The molecule has 0 unspecified atom stereocenters. The molecular weight excluding hydrogens is 250 g/mol. The number of nitrogens with one attached hydrogen (secondary N) is 1. The summed E-state index contributed by atoms with van der Waals surface area (Å²) in [5.74, 6) is 0.0884. The zero-order valence-corrected chi connectivity index (χ0v) is 12.3. The van der Waals surface area contributed by atoms with Gasteiger partial charge in [0.05, 0.1) is 0 Å². The molecule has 0 saturated carbocycles. The van der Waals surface area contributed by atoms with Gasteiger partial charge < -0.3 is 5.32 Å². The van der Waals surface area contributed by atoms with E-state index in [0.29, 0.717) is 12.8 Å². The molecule has 1 amide bonds. The highest BCUT2D eigenvalue weighted by Gasteiger charge is 2.02. The molecule has 109 valence electrons. The van der Waals surface area contributed by atoms with Crippen LogP contribution >= 0.6 is 0 Å². The summed E-state index contributed by atoms with van der Waals surface area (Å²) in [7, 11) is 0. The molecule has 0 fully saturated rings. The lowest BCUT2D eigenvalue weighted by molar-refractivity contribution is -0.116. The minimum absolute atomic E-state index is 0.0884. The maximum Gasteiger partial charge on any atom is 0.224 e. The molecule has 1 aromatic carbocycles. The summed E-state index contributed by atoms with van der Waals surface area (Å²) in [6, 6.07) is 8.02. The Bertz CT molecular complexity index is 415. The maximum atomic E-state index is 11.7. The van der Waals surface area contributed by atoms with Crippen LogP contribution in [0.4, 0.5) is 5.69 Å². The SMILES string of the molecule is CCCCC(=O)Nc1cccc(CCCCC[C]=O)c1. The normalized spacial score (nSPS) is 10.2. The van der Waals surface area contributed by atoms with Gasteiger partial charge in [-0.15, -0.1) is 0 Å². The number of amides is 1. The van der Waals surface area contributed by atoms with E-state index in [9.17, 15) is 9.59 Å². The zero-order valence-electron chi connectivity index (χ0n) is 12.3. The molecule has 0 spiro atoms. The number of aryl methyl sites for hydroxylation is 1. The molecule has 20 heavy (non-hydrogen) atoms. The monoisotopic (exact) mass is 274 g/mol. The summed E-state index contributed by atoms with van der Waals surface area (Å²) in [6.45, 7) is 2.08. The van der Waals surface area contributed by atoms with Crippen LogP contribution in [0.5, 0.6) is 0 Å². The lowest BCUT2D eigenvalue weighted by Crippen LogP contribution is -2.11. The number of rotatable bonds is 10. The van der Waals surface area contributed by atoms with Gasteiger partial charge in [0, 0.05) is 18.5 Å². The van der Waals surface area contributed by atoms with E-state index in [4.69, 9.17) is 0 Å². The number of hydrogen-bond acceptors (Lipinski definition) is 2. The van der Waals surface area contributed by atoms with Crippen molar-refractivity contribution in [3.8, 4) is 0 Å². The van der Waals surface area contributed by atoms with E-state index >= 15 is 0 Å². The first-order valence-corrected chi connectivity index (χ1v) is 7.50. The third-order valence-electron chi connectivity index (χ3n) is 3.21. The third-order valence-corrected chi connectivity index (χ3v) is 3.21. The first-order chi connectivity index (χ1) is 9.76. The highest BCUT2D eigenvalue weighted by Crippen LogP contribution is 2.14. The summed E-state index contributed by atoms with van der Waals surface area (Å²) < 4.78 is 0. The largest absolute Gasteiger partial charge is 0.326 e. The smallest absolute Gasteiger partial charge is 0.224 e. The number of carbonyl (C=O) groups excluding carboxylic acids is 2. The number of carbonyl (C=O) groups is 1. The summed E-state index contributed by atoms with van der Waals surface area (Å²) in [5.41, 5.74) is 2.11. The van der Waals surface area contributed by atoms with Crippen molar-refractivity contribution in [1.29, 1.82) is 0 Å². The van der Waals surface area contributed by atoms with Crippen molar-refractivity contribution in [2.75, 3.05) is 5.32 Å². The van der Waals surface area contributed by atoms with E-state index in [1.165, 1.54) is 5.56 Å². The van der Waals surface area contributed by atoms with E-state index in [-0.39, 0.29) is 5.91 Å². The minimum Gasteiger partial charge on any atom is -0.326 e. The molecule has 0 bridgehead atoms. The fourth-order valence-corrected chi connectivity index (χ4v) is 2.07. The van der Waals surface area contributed by atoms with Crippen LogP contribution < -0.4 is 5.32 Å². The standard InChI is InChI=1S/C17H24NO2/c1-2-3-12-17(20)18-16-11-8-10-15(14-16)9-6-4-5-7-13-19/h8,10-11,14H,2-7,9,12H2,1H3,(H,18,20). The van der Waals surface area contributed by atoms with Crippen LogP contribution in [0.25, 0.3) is 0 Å². The van der Waals surface area contributed by atoms with Gasteiger partial charge in [-0.3, -0.25) is 9.59 Å². The Morgan fingerprint density at radius 1 is 1.20 bits per heavy atom. The van der Waals surface area contributed by atoms with E-state index in [2.05, 4.69) is 18.3 Å². The van der Waals surface area contributed by atoms with Crippen molar-refractivity contribution in [3.05, 3.63) is 29.8 Å². The second kappa shape index (κ2) is 10.2. The van der Waals surface area contributed by atoms with Gasteiger partial charge >= 0.3 is 0 Å². The third kappa shape index (κ3) is 7.07. The van der Waals surface area contributed by atoms with Crippen molar-refractivity contribution in [2.45, 2.75) is 58.3 Å². The van der Waals surface area contributed by atoms with Gasteiger partial charge in [-0.25, -0.2) is 0 Å². The number of hydrogen-bond donors (Lipinski definition) is 1. The summed E-state index contributed by atoms with van der Waals surface area (Å²) in [4.78, 5) is 21.8. The molecule has 3 heteroatoms. The van der Waals surface area contributed by atoms with Crippen molar-refractivity contribution >= 4 is 17.9 Å². The minimum atomic E-state index is 0.0884.